The van der Waals surface area contributed by atoms with Crippen molar-refractivity contribution in [1.82, 2.24) is 5.32 Å². The second-order valence-corrected chi connectivity index (χ2v) is 4.46. The molecule has 20 heavy (non-hydrogen) atoms. The predicted molar refractivity (Wildman–Crippen MR) is 76.7 cm³/mol. The molecule has 1 heterocycles. The van der Waals surface area contributed by atoms with Crippen LogP contribution < -0.4 is 20.5 Å². The van der Waals surface area contributed by atoms with E-state index in [4.69, 9.17) is 26.8 Å². The molecule has 6 nitrogen and oxygen atoms in total. The van der Waals surface area contributed by atoms with Gasteiger partial charge in [-0.3, -0.25) is 4.79 Å². The molecule has 1 aromatic rings. The number of ether oxygens (including phenoxy) is 2. The third-order valence-electron chi connectivity index (χ3n) is 2.68. The van der Waals surface area contributed by atoms with Gasteiger partial charge in [-0.1, -0.05) is 11.6 Å². The molecule has 4 N–H and O–H groups in total. The molecule has 1 unspecified atom stereocenters. The van der Waals surface area contributed by atoms with E-state index in [0.29, 0.717) is 35.3 Å². The summed E-state index contributed by atoms with van der Waals surface area (Å²) in [5.74, 6) is 0.649. The van der Waals surface area contributed by atoms with Gasteiger partial charge in [-0.05, 0) is 17.7 Å². The van der Waals surface area contributed by atoms with E-state index in [1.54, 1.807) is 12.1 Å². The average Bonchev–Trinajstić information content (AvgIpc) is 2.44. The molecule has 1 aromatic carbocycles. The lowest BCUT2D eigenvalue weighted by Crippen LogP contribution is -2.33. The van der Waals surface area contributed by atoms with E-state index < -0.39 is 6.10 Å². The van der Waals surface area contributed by atoms with E-state index in [-0.39, 0.29) is 31.4 Å². The number of halogens is 2. The first kappa shape index (κ1) is 16.8. The summed E-state index contributed by atoms with van der Waals surface area (Å²) in [5.41, 5.74) is 5.71. The second-order valence-electron chi connectivity index (χ2n) is 4.05. The van der Waals surface area contributed by atoms with Crippen molar-refractivity contribution in [2.75, 3.05) is 26.3 Å². The van der Waals surface area contributed by atoms with Gasteiger partial charge in [-0.15, -0.1) is 12.4 Å². The maximum atomic E-state index is 11.0. The van der Waals surface area contributed by atoms with Gasteiger partial charge in [-0.25, -0.2) is 0 Å². The molecule has 112 valence electrons. The number of carbonyl (C=O) groups excluding carboxylic acids is 1. The van der Waals surface area contributed by atoms with Gasteiger partial charge in [0.1, 0.15) is 13.2 Å². The van der Waals surface area contributed by atoms with E-state index in [9.17, 15) is 9.90 Å². The summed E-state index contributed by atoms with van der Waals surface area (Å²) in [6.07, 6.45) is -0.885. The molecule has 8 heteroatoms. The fourth-order valence-corrected chi connectivity index (χ4v) is 2.00. The highest BCUT2D eigenvalue weighted by Gasteiger charge is 2.19. The van der Waals surface area contributed by atoms with Crippen molar-refractivity contribution in [3.63, 3.8) is 0 Å². The molecule has 0 radical (unpaired) electrons. The standard InChI is InChI=1S/C12H15ClN2O4.ClH/c13-8-3-7(9(16)6-15-11(17)5-14)4-10-12(8)19-2-1-18-10;/h3-4,9,16H,1-2,5-6,14H2,(H,15,17);1H. The number of amides is 1. The van der Waals surface area contributed by atoms with Gasteiger partial charge in [0.15, 0.2) is 11.5 Å². The molecule has 1 aliphatic heterocycles. The number of nitrogens with two attached hydrogens (primary N) is 1. The fraction of sp³-hybridized carbons (Fsp3) is 0.417. The lowest BCUT2D eigenvalue weighted by molar-refractivity contribution is -0.120. The Morgan fingerprint density at radius 3 is 2.85 bits per heavy atom. The van der Waals surface area contributed by atoms with Crippen LogP contribution in [-0.2, 0) is 4.79 Å². The quantitative estimate of drug-likeness (QED) is 0.756. The van der Waals surface area contributed by atoms with Crippen molar-refractivity contribution < 1.29 is 19.4 Å². The summed E-state index contributed by atoms with van der Waals surface area (Å²) >= 11 is 6.06. The van der Waals surface area contributed by atoms with Crippen molar-refractivity contribution in [1.29, 1.82) is 0 Å². The Bertz CT molecular complexity index is 485. The molecule has 0 saturated carbocycles. The van der Waals surface area contributed by atoms with E-state index in [1.165, 1.54) is 0 Å². The van der Waals surface area contributed by atoms with E-state index in [1.807, 2.05) is 0 Å². The minimum atomic E-state index is -0.885. The highest BCUT2D eigenvalue weighted by atomic mass is 35.5. The van der Waals surface area contributed by atoms with Crippen molar-refractivity contribution in [3.8, 4) is 11.5 Å². The largest absolute Gasteiger partial charge is 0.486 e. The number of hydrogen-bond donors (Lipinski definition) is 3. The summed E-state index contributed by atoms with van der Waals surface area (Å²) < 4.78 is 10.8. The summed E-state index contributed by atoms with van der Waals surface area (Å²) in [6, 6.07) is 3.24. The summed E-state index contributed by atoms with van der Waals surface area (Å²) in [7, 11) is 0. The van der Waals surface area contributed by atoms with Crippen LogP contribution in [-0.4, -0.2) is 37.3 Å². The molecule has 0 spiro atoms. The second kappa shape index (κ2) is 7.54. The van der Waals surface area contributed by atoms with E-state index >= 15 is 0 Å². The number of hydrogen-bond acceptors (Lipinski definition) is 5. The molecule has 2 rings (SSSR count). The van der Waals surface area contributed by atoms with Crippen LogP contribution in [0, 0.1) is 0 Å². The van der Waals surface area contributed by atoms with Gasteiger partial charge in [0.25, 0.3) is 0 Å². The van der Waals surface area contributed by atoms with Crippen molar-refractivity contribution in [2.45, 2.75) is 6.10 Å². The normalized spacial score (nSPS) is 14.2. The average molecular weight is 323 g/mol. The molecule has 0 aromatic heterocycles. The number of nitrogens with one attached hydrogen (secondary N) is 1. The summed E-state index contributed by atoms with van der Waals surface area (Å²) in [5, 5.41) is 12.9. The lowest BCUT2D eigenvalue weighted by atomic mass is 10.1. The van der Waals surface area contributed by atoms with Gasteiger partial charge in [0.2, 0.25) is 5.91 Å². The number of rotatable bonds is 4. The Morgan fingerprint density at radius 1 is 1.45 bits per heavy atom. The van der Waals surface area contributed by atoms with Crippen LogP contribution in [0.1, 0.15) is 11.7 Å². The fourth-order valence-electron chi connectivity index (χ4n) is 1.72. The number of aliphatic hydroxyl groups is 1. The zero-order valence-corrected chi connectivity index (χ0v) is 12.2. The zero-order valence-electron chi connectivity index (χ0n) is 10.6. The predicted octanol–water partition coefficient (Wildman–Crippen LogP) is 0.641. The molecule has 0 bridgehead atoms. The van der Waals surface area contributed by atoms with Crippen LogP contribution in [0.15, 0.2) is 12.1 Å². The first-order valence-corrected chi connectivity index (χ1v) is 6.23. The smallest absolute Gasteiger partial charge is 0.233 e. The van der Waals surface area contributed by atoms with E-state index in [2.05, 4.69) is 5.32 Å². The van der Waals surface area contributed by atoms with Crippen molar-refractivity contribution in [2.24, 2.45) is 5.73 Å². The molecule has 0 fully saturated rings. The minimum Gasteiger partial charge on any atom is -0.486 e. The highest BCUT2D eigenvalue weighted by molar-refractivity contribution is 6.32. The Morgan fingerprint density at radius 2 is 2.15 bits per heavy atom. The monoisotopic (exact) mass is 322 g/mol. The Hall–Kier alpha value is -1.21. The van der Waals surface area contributed by atoms with Crippen LogP contribution in [0.25, 0.3) is 0 Å². The topological polar surface area (TPSA) is 93.8 Å². The van der Waals surface area contributed by atoms with E-state index in [0.717, 1.165) is 0 Å². The first-order valence-electron chi connectivity index (χ1n) is 5.85. The van der Waals surface area contributed by atoms with Crippen molar-refractivity contribution >= 4 is 29.9 Å². The van der Waals surface area contributed by atoms with Gasteiger partial charge in [0.05, 0.1) is 17.7 Å². The van der Waals surface area contributed by atoms with Gasteiger partial charge < -0.3 is 25.6 Å². The van der Waals surface area contributed by atoms with Crippen molar-refractivity contribution in [3.05, 3.63) is 22.7 Å². The number of benzene rings is 1. The molecule has 0 aliphatic carbocycles. The number of aliphatic hydroxyl groups excluding tert-OH is 1. The Labute approximate surface area is 127 Å². The molecule has 0 saturated heterocycles. The Balaban J connectivity index is 0.00000200. The van der Waals surface area contributed by atoms with Crippen LogP contribution in [0.2, 0.25) is 5.02 Å². The first-order chi connectivity index (χ1) is 9.11. The SMILES string of the molecule is Cl.NCC(=O)NCC(O)c1cc(Cl)c2c(c1)OCCO2. The third-order valence-corrected chi connectivity index (χ3v) is 2.96. The molecule has 1 amide bonds. The van der Waals surface area contributed by atoms with Crippen LogP contribution in [0.5, 0.6) is 11.5 Å². The number of fused-ring (bicyclic) bond motifs is 1. The van der Waals surface area contributed by atoms with Crippen LogP contribution in [0.3, 0.4) is 0 Å². The molecule has 1 aliphatic rings. The minimum absolute atomic E-state index is 0. The maximum absolute atomic E-state index is 11.0. The summed E-state index contributed by atoms with van der Waals surface area (Å²) in [4.78, 5) is 11.0. The Kier molecular flexibility index (Phi) is 6.35. The number of carbonyl (C=O) groups is 1. The molecule has 1 atom stereocenters. The third kappa shape index (κ3) is 3.89. The zero-order chi connectivity index (χ0) is 13.8. The molecular formula is C12H16Cl2N2O4. The van der Waals surface area contributed by atoms with Crippen LogP contribution >= 0.6 is 24.0 Å². The summed E-state index contributed by atoms with van der Waals surface area (Å²) in [6.45, 7) is 0.828. The van der Waals surface area contributed by atoms with Crippen LogP contribution in [0.4, 0.5) is 0 Å². The van der Waals surface area contributed by atoms with Gasteiger partial charge in [0, 0.05) is 6.54 Å². The van der Waals surface area contributed by atoms with Gasteiger partial charge in [-0.2, -0.15) is 0 Å². The van der Waals surface area contributed by atoms with Gasteiger partial charge >= 0.3 is 0 Å². The lowest BCUT2D eigenvalue weighted by Gasteiger charge is -2.21. The maximum Gasteiger partial charge on any atom is 0.233 e. The molecular weight excluding hydrogens is 307 g/mol. The highest BCUT2D eigenvalue weighted by Crippen LogP contribution is 2.39.